The lowest BCUT2D eigenvalue weighted by atomic mass is 9.94. The maximum absolute atomic E-state index is 13.4. The molecule has 0 spiro atoms. The molecular weight excluding hydrogens is 658 g/mol. The normalized spacial score (nSPS) is 13.7. The van der Waals surface area contributed by atoms with Gasteiger partial charge in [0.15, 0.2) is 22.2 Å². The van der Waals surface area contributed by atoms with Gasteiger partial charge in [0.25, 0.3) is 0 Å². The van der Waals surface area contributed by atoms with Crippen molar-refractivity contribution in [3.05, 3.63) is 67.8 Å². The van der Waals surface area contributed by atoms with Gasteiger partial charge in [-0.05, 0) is 92.7 Å². The molecule has 0 amide bonds. The van der Waals surface area contributed by atoms with Crippen LogP contribution < -0.4 is 0 Å². The molecule has 4 aromatic rings. The standard InChI is InChI=1S/C23H18I2O4S2/c1-13(2)29-31(28)23-19(25)12-15-8-4-6-10-17(15)21(23)20-16-9-5-3-7-14(16)11-18(24)22(20)30(26)27/h3-13H,1-2H3,(H,26,27). The van der Waals surface area contributed by atoms with Gasteiger partial charge in [0.1, 0.15) is 0 Å². The fourth-order valence-corrected chi connectivity index (χ4v) is 7.61. The maximum Gasteiger partial charge on any atom is 0.191 e. The van der Waals surface area contributed by atoms with Crippen LogP contribution in [0.5, 0.6) is 0 Å². The molecule has 1 N–H and O–H groups in total. The number of halogens is 2. The molecule has 0 fully saturated rings. The van der Waals surface area contributed by atoms with E-state index < -0.39 is 22.2 Å². The Morgan fingerprint density at radius 3 is 1.74 bits per heavy atom. The topological polar surface area (TPSA) is 63.6 Å². The number of fused-ring (bicyclic) bond motifs is 2. The lowest BCUT2D eigenvalue weighted by Gasteiger charge is -2.20. The Kier molecular flexibility index (Phi) is 7.14. The molecule has 4 nitrogen and oxygen atoms in total. The molecule has 2 atom stereocenters. The summed E-state index contributed by atoms with van der Waals surface area (Å²) in [5, 5.41) is 3.60. The van der Waals surface area contributed by atoms with Crippen LogP contribution in [0.3, 0.4) is 0 Å². The summed E-state index contributed by atoms with van der Waals surface area (Å²) in [4.78, 5) is 0.834. The molecule has 0 aliphatic rings. The zero-order chi connectivity index (χ0) is 22.3. The van der Waals surface area contributed by atoms with Crippen LogP contribution in [0, 0.1) is 7.14 Å². The molecule has 4 rings (SSSR count). The summed E-state index contributed by atoms with van der Waals surface area (Å²) >= 11 is 0.272. The molecule has 0 aromatic heterocycles. The zero-order valence-corrected chi connectivity index (χ0v) is 22.5. The Morgan fingerprint density at radius 1 is 0.806 bits per heavy atom. The first-order valence-electron chi connectivity index (χ1n) is 9.42. The van der Waals surface area contributed by atoms with E-state index in [2.05, 4.69) is 45.2 Å². The molecule has 160 valence electrons. The van der Waals surface area contributed by atoms with E-state index in [0.29, 0.717) is 24.5 Å². The number of hydrogen-bond donors (Lipinski definition) is 1. The highest BCUT2D eigenvalue weighted by atomic mass is 127. The number of hydrogen-bond acceptors (Lipinski definition) is 3. The summed E-state index contributed by atoms with van der Waals surface area (Å²) in [7, 11) is 0. The minimum Gasteiger partial charge on any atom is -0.302 e. The molecule has 0 saturated heterocycles. The average molecular weight is 676 g/mol. The second-order valence-corrected chi connectivity index (χ2v) is 11.5. The number of rotatable bonds is 5. The first kappa shape index (κ1) is 23.2. The largest absolute Gasteiger partial charge is 0.302 e. The first-order valence-corrected chi connectivity index (χ1v) is 13.8. The minimum absolute atomic E-state index is 0.241. The monoisotopic (exact) mass is 676 g/mol. The van der Waals surface area contributed by atoms with Crippen molar-refractivity contribution in [1.29, 1.82) is 0 Å². The predicted molar refractivity (Wildman–Crippen MR) is 144 cm³/mol. The second kappa shape index (κ2) is 9.52. The van der Waals surface area contributed by atoms with E-state index in [1.807, 2.05) is 74.5 Å². The van der Waals surface area contributed by atoms with Crippen LogP contribution in [0.25, 0.3) is 32.7 Å². The summed E-state index contributed by atoms with van der Waals surface area (Å²) in [5.41, 5.74) is 1.29. The van der Waals surface area contributed by atoms with E-state index in [1.54, 1.807) is 0 Å². The third kappa shape index (κ3) is 4.47. The van der Waals surface area contributed by atoms with Crippen molar-refractivity contribution < 1.29 is 17.2 Å². The van der Waals surface area contributed by atoms with Gasteiger partial charge < -0.3 is 4.55 Å². The molecule has 2 unspecified atom stereocenters. The van der Waals surface area contributed by atoms with Crippen LogP contribution >= 0.6 is 45.2 Å². The molecule has 0 saturated carbocycles. The van der Waals surface area contributed by atoms with E-state index in [1.165, 1.54) is 0 Å². The van der Waals surface area contributed by atoms with E-state index in [9.17, 15) is 13.0 Å². The maximum atomic E-state index is 13.4. The highest BCUT2D eigenvalue weighted by molar-refractivity contribution is 14.1. The van der Waals surface area contributed by atoms with Gasteiger partial charge in [0.05, 0.1) is 15.9 Å². The van der Waals surface area contributed by atoms with Crippen molar-refractivity contribution in [2.24, 2.45) is 0 Å². The van der Waals surface area contributed by atoms with E-state index in [4.69, 9.17) is 4.18 Å². The molecule has 0 radical (unpaired) electrons. The van der Waals surface area contributed by atoms with E-state index >= 15 is 0 Å². The van der Waals surface area contributed by atoms with Gasteiger partial charge in [0, 0.05) is 18.3 Å². The van der Waals surface area contributed by atoms with Gasteiger partial charge in [0.2, 0.25) is 0 Å². The van der Waals surface area contributed by atoms with E-state index in [0.717, 1.165) is 25.1 Å². The molecule has 0 heterocycles. The van der Waals surface area contributed by atoms with Gasteiger partial charge in [-0.15, -0.1) is 0 Å². The quantitative estimate of drug-likeness (QED) is 0.185. The van der Waals surface area contributed by atoms with Crippen LogP contribution in [0.4, 0.5) is 0 Å². The summed E-state index contributed by atoms with van der Waals surface area (Å²) in [6.07, 6.45) is -0.241. The Bertz CT molecular complexity index is 1370. The average Bonchev–Trinajstić information content (AvgIpc) is 2.71. The van der Waals surface area contributed by atoms with E-state index in [-0.39, 0.29) is 6.10 Å². The Hall–Kier alpha value is -0.920. The van der Waals surface area contributed by atoms with Crippen molar-refractivity contribution in [3.63, 3.8) is 0 Å². The van der Waals surface area contributed by atoms with Gasteiger partial charge in [-0.2, -0.15) is 0 Å². The van der Waals surface area contributed by atoms with Crippen LogP contribution in [-0.4, -0.2) is 19.1 Å². The fraction of sp³-hybridized carbons (Fsp3) is 0.130. The highest BCUT2D eigenvalue weighted by Crippen LogP contribution is 2.44. The summed E-state index contributed by atoms with van der Waals surface area (Å²) in [5.74, 6) is 0. The van der Waals surface area contributed by atoms with Crippen molar-refractivity contribution in [2.75, 3.05) is 0 Å². The minimum atomic E-state index is -2.24. The molecule has 31 heavy (non-hydrogen) atoms. The van der Waals surface area contributed by atoms with Gasteiger partial charge in [-0.25, -0.2) is 8.42 Å². The third-order valence-corrected chi connectivity index (χ3v) is 9.31. The molecule has 0 aliphatic heterocycles. The lowest BCUT2D eigenvalue weighted by Crippen LogP contribution is -2.10. The first-order chi connectivity index (χ1) is 14.8. The van der Waals surface area contributed by atoms with Crippen LogP contribution in [0.1, 0.15) is 13.8 Å². The van der Waals surface area contributed by atoms with Gasteiger partial charge >= 0.3 is 0 Å². The summed E-state index contributed by atoms with van der Waals surface area (Å²) in [6.45, 7) is 3.67. The summed E-state index contributed by atoms with van der Waals surface area (Å²) in [6, 6.07) is 19.4. The second-order valence-electron chi connectivity index (χ2n) is 7.20. The van der Waals surface area contributed by atoms with Crippen molar-refractivity contribution in [3.8, 4) is 11.1 Å². The molecule has 0 bridgehead atoms. The molecular formula is C23H18I2O4S2. The van der Waals surface area contributed by atoms with Gasteiger partial charge in [-0.3, -0.25) is 4.18 Å². The Balaban J connectivity index is 2.26. The third-order valence-electron chi connectivity index (χ3n) is 4.78. The Morgan fingerprint density at radius 2 is 1.26 bits per heavy atom. The van der Waals surface area contributed by atoms with Crippen molar-refractivity contribution >= 4 is 88.9 Å². The fourth-order valence-electron chi connectivity index (χ4n) is 3.64. The van der Waals surface area contributed by atoms with Crippen molar-refractivity contribution in [2.45, 2.75) is 29.7 Å². The lowest BCUT2D eigenvalue weighted by molar-refractivity contribution is 0.270. The van der Waals surface area contributed by atoms with Crippen LogP contribution in [0.2, 0.25) is 0 Å². The van der Waals surface area contributed by atoms with Crippen molar-refractivity contribution in [1.82, 2.24) is 0 Å². The zero-order valence-electron chi connectivity index (χ0n) is 16.6. The molecule has 8 heteroatoms. The molecule has 0 aliphatic carbocycles. The number of benzene rings is 4. The summed E-state index contributed by atoms with van der Waals surface area (Å²) < 4.78 is 43.3. The van der Waals surface area contributed by atoms with Crippen LogP contribution in [-0.2, 0) is 26.3 Å². The molecule has 4 aromatic carbocycles. The van der Waals surface area contributed by atoms with Crippen LogP contribution in [0.15, 0.2) is 70.5 Å². The van der Waals surface area contributed by atoms with Gasteiger partial charge in [-0.1, -0.05) is 48.5 Å². The smallest absolute Gasteiger partial charge is 0.191 e. The highest BCUT2D eigenvalue weighted by Gasteiger charge is 2.26. The Labute approximate surface area is 213 Å². The predicted octanol–water partition coefficient (Wildman–Crippen LogP) is 6.90. The SMILES string of the molecule is CC(C)OS(=O)c1c(I)cc2ccccc2c1-c1c(S(=O)O)c(I)cc2ccccc12.